The SMILES string of the molecule is Clc1ccc(CCC2COC=N2)cc1. The van der Waals surface area contributed by atoms with Crippen LogP contribution in [0.25, 0.3) is 0 Å². The summed E-state index contributed by atoms with van der Waals surface area (Å²) >= 11 is 5.80. The molecule has 0 saturated carbocycles. The summed E-state index contributed by atoms with van der Waals surface area (Å²) in [6.45, 7) is 0.730. The molecule has 1 aromatic rings. The molecule has 0 fully saturated rings. The standard InChI is InChI=1S/C11H12ClNO/c12-10-4-1-9(2-5-10)3-6-11-7-14-8-13-11/h1-2,4-5,8,11H,3,6-7H2. The number of hydrogen-bond acceptors (Lipinski definition) is 2. The molecule has 0 radical (unpaired) electrons. The van der Waals surface area contributed by atoms with Crippen LogP contribution in [0, 0.1) is 0 Å². The number of benzene rings is 1. The van der Waals surface area contributed by atoms with E-state index in [0.29, 0.717) is 6.04 Å². The third-order valence-corrected chi connectivity index (χ3v) is 2.57. The summed E-state index contributed by atoms with van der Waals surface area (Å²) in [7, 11) is 0. The number of halogens is 1. The van der Waals surface area contributed by atoms with Crippen LogP contribution < -0.4 is 0 Å². The number of rotatable bonds is 3. The zero-order chi connectivity index (χ0) is 9.80. The molecule has 0 aromatic heterocycles. The first-order valence-corrected chi connectivity index (χ1v) is 5.10. The van der Waals surface area contributed by atoms with E-state index < -0.39 is 0 Å². The molecular weight excluding hydrogens is 198 g/mol. The Balaban J connectivity index is 1.85. The van der Waals surface area contributed by atoms with Gasteiger partial charge in [0.25, 0.3) is 0 Å². The van der Waals surface area contributed by atoms with Gasteiger partial charge in [-0.05, 0) is 30.5 Å². The summed E-state index contributed by atoms with van der Waals surface area (Å²) in [5.41, 5.74) is 1.30. The highest BCUT2D eigenvalue weighted by atomic mass is 35.5. The molecule has 0 amide bonds. The first kappa shape index (κ1) is 9.53. The lowest BCUT2D eigenvalue weighted by molar-refractivity contribution is 0.322. The maximum Gasteiger partial charge on any atom is 0.169 e. The highest BCUT2D eigenvalue weighted by molar-refractivity contribution is 6.30. The Morgan fingerprint density at radius 3 is 2.79 bits per heavy atom. The lowest BCUT2D eigenvalue weighted by Gasteiger charge is -2.04. The first-order valence-electron chi connectivity index (χ1n) is 4.72. The van der Waals surface area contributed by atoms with E-state index in [-0.39, 0.29) is 0 Å². The Morgan fingerprint density at radius 1 is 1.36 bits per heavy atom. The first-order chi connectivity index (χ1) is 6.84. The van der Waals surface area contributed by atoms with Crippen LogP contribution >= 0.6 is 11.6 Å². The van der Waals surface area contributed by atoms with Gasteiger partial charge < -0.3 is 4.74 Å². The fourth-order valence-electron chi connectivity index (χ4n) is 1.47. The molecule has 14 heavy (non-hydrogen) atoms. The minimum absolute atomic E-state index is 0.339. The van der Waals surface area contributed by atoms with E-state index in [9.17, 15) is 0 Å². The summed E-state index contributed by atoms with van der Waals surface area (Å²) in [5.74, 6) is 0. The van der Waals surface area contributed by atoms with Crippen molar-refractivity contribution < 1.29 is 4.74 Å². The van der Waals surface area contributed by atoms with Crippen LogP contribution in [0.5, 0.6) is 0 Å². The Labute approximate surface area is 88.6 Å². The van der Waals surface area contributed by atoms with Crippen LogP contribution in [0.2, 0.25) is 5.02 Å². The van der Waals surface area contributed by atoms with Gasteiger partial charge in [-0.25, -0.2) is 0 Å². The van der Waals surface area contributed by atoms with Gasteiger partial charge in [0, 0.05) is 5.02 Å². The van der Waals surface area contributed by atoms with Crippen molar-refractivity contribution in [2.75, 3.05) is 6.61 Å². The Bertz CT molecular complexity index is 321. The van der Waals surface area contributed by atoms with E-state index >= 15 is 0 Å². The van der Waals surface area contributed by atoms with E-state index in [1.54, 1.807) is 6.40 Å². The molecule has 74 valence electrons. The van der Waals surface area contributed by atoms with Crippen LogP contribution in [0.15, 0.2) is 29.3 Å². The zero-order valence-corrected chi connectivity index (χ0v) is 8.57. The zero-order valence-electron chi connectivity index (χ0n) is 7.82. The maximum atomic E-state index is 5.80. The monoisotopic (exact) mass is 209 g/mol. The predicted octanol–water partition coefficient (Wildman–Crippen LogP) is 2.70. The molecule has 1 aliphatic rings. The molecule has 0 aliphatic carbocycles. The van der Waals surface area contributed by atoms with Gasteiger partial charge in [0.2, 0.25) is 0 Å². The van der Waals surface area contributed by atoms with E-state index in [2.05, 4.69) is 17.1 Å². The molecule has 1 aliphatic heterocycles. The van der Waals surface area contributed by atoms with Gasteiger partial charge >= 0.3 is 0 Å². The third kappa shape index (κ3) is 2.48. The molecule has 1 unspecified atom stereocenters. The number of hydrogen-bond donors (Lipinski definition) is 0. The number of ether oxygens (including phenoxy) is 1. The second-order valence-corrected chi connectivity index (χ2v) is 3.84. The summed E-state index contributed by atoms with van der Waals surface area (Å²) < 4.78 is 5.05. The number of aliphatic imine (C=N–C) groups is 1. The fourth-order valence-corrected chi connectivity index (χ4v) is 1.59. The van der Waals surface area contributed by atoms with Crippen molar-refractivity contribution in [2.45, 2.75) is 18.9 Å². The smallest absolute Gasteiger partial charge is 0.169 e. The normalized spacial score (nSPS) is 19.6. The summed E-state index contributed by atoms with van der Waals surface area (Å²) in [4.78, 5) is 4.20. The average molecular weight is 210 g/mol. The van der Waals surface area contributed by atoms with Gasteiger partial charge in [0.15, 0.2) is 6.40 Å². The largest absolute Gasteiger partial charge is 0.481 e. The molecule has 1 atom stereocenters. The minimum Gasteiger partial charge on any atom is -0.481 e. The molecule has 1 aromatic carbocycles. The van der Waals surface area contributed by atoms with Crippen molar-refractivity contribution in [3.05, 3.63) is 34.9 Å². The highest BCUT2D eigenvalue weighted by Crippen LogP contribution is 2.13. The predicted molar refractivity (Wildman–Crippen MR) is 58.0 cm³/mol. The second-order valence-electron chi connectivity index (χ2n) is 3.41. The molecule has 0 saturated heterocycles. The lowest BCUT2D eigenvalue weighted by atomic mass is 10.1. The lowest BCUT2D eigenvalue weighted by Crippen LogP contribution is -2.07. The van der Waals surface area contributed by atoms with Crippen molar-refractivity contribution in [3.63, 3.8) is 0 Å². The third-order valence-electron chi connectivity index (χ3n) is 2.31. The topological polar surface area (TPSA) is 21.6 Å². The molecule has 3 heteroatoms. The van der Waals surface area contributed by atoms with Crippen LogP contribution in [0.3, 0.4) is 0 Å². The molecule has 2 rings (SSSR count). The van der Waals surface area contributed by atoms with Crippen molar-refractivity contribution in [3.8, 4) is 0 Å². The minimum atomic E-state index is 0.339. The Morgan fingerprint density at radius 2 is 2.14 bits per heavy atom. The van der Waals surface area contributed by atoms with Crippen molar-refractivity contribution >= 4 is 18.0 Å². The molecule has 0 N–H and O–H groups in total. The van der Waals surface area contributed by atoms with Crippen molar-refractivity contribution in [2.24, 2.45) is 4.99 Å². The van der Waals surface area contributed by atoms with Crippen molar-refractivity contribution in [1.29, 1.82) is 0 Å². The molecule has 2 nitrogen and oxygen atoms in total. The van der Waals surface area contributed by atoms with E-state index in [1.807, 2.05) is 12.1 Å². The Hall–Kier alpha value is -1.02. The van der Waals surface area contributed by atoms with Crippen LogP contribution in [-0.4, -0.2) is 19.0 Å². The van der Waals surface area contributed by atoms with Gasteiger partial charge in [-0.1, -0.05) is 23.7 Å². The van der Waals surface area contributed by atoms with Gasteiger partial charge in [-0.15, -0.1) is 0 Å². The van der Waals surface area contributed by atoms with Crippen molar-refractivity contribution in [1.82, 2.24) is 0 Å². The fraction of sp³-hybridized carbons (Fsp3) is 0.364. The number of nitrogens with zero attached hydrogens (tertiary/aromatic N) is 1. The molecule has 1 heterocycles. The summed E-state index contributed by atoms with van der Waals surface area (Å²) in [5, 5.41) is 0.788. The van der Waals surface area contributed by atoms with E-state index in [1.165, 1.54) is 5.56 Å². The van der Waals surface area contributed by atoms with Crippen LogP contribution in [0.1, 0.15) is 12.0 Å². The summed E-state index contributed by atoms with van der Waals surface area (Å²) in [6.07, 6.45) is 3.62. The van der Waals surface area contributed by atoms with Crippen LogP contribution in [-0.2, 0) is 11.2 Å². The average Bonchev–Trinajstić information content (AvgIpc) is 2.70. The summed E-state index contributed by atoms with van der Waals surface area (Å²) in [6, 6.07) is 8.30. The highest BCUT2D eigenvalue weighted by Gasteiger charge is 2.10. The van der Waals surface area contributed by atoms with E-state index in [0.717, 1.165) is 24.5 Å². The van der Waals surface area contributed by atoms with Gasteiger partial charge in [-0.3, -0.25) is 4.99 Å². The second kappa shape index (κ2) is 4.47. The molecule has 0 bridgehead atoms. The maximum absolute atomic E-state index is 5.80. The van der Waals surface area contributed by atoms with Gasteiger partial charge in [0.05, 0.1) is 6.04 Å². The quantitative estimate of drug-likeness (QED) is 0.750. The molecule has 0 spiro atoms. The number of aryl methyl sites for hydroxylation is 1. The van der Waals surface area contributed by atoms with Gasteiger partial charge in [-0.2, -0.15) is 0 Å². The van der Waals surface area contributed by atoms with Gasteiger partial charge in [0.1, 0.15) is 6.61 Å². The van der Waals surface area contributed by atoms with E-state index in [4.69, 9.17) is 16.3 Å². The molecular formula is C11H12ClNO. The van der Waals surface area contributed by atoms with Crippen LogP contribution in [0.4, 0.5) is 0 Å². The Kier molecular flexibility index (Phi) is 3.04.